The Hall–Kier alpha value is -1.40. The number of nitrogens with zero attached hydrogens (tertiary/aromatic N) is 1. The molecule has 2 aliphatic heterocycles. The van der Waals surface area contributed by atoms with E-state index in [0.29, 0.717) is 39.1 Å². The molecule has 124 valence electrons. The van der Waals surface area contributed by atoms with Gasteiger partial charge in [0.15, 0.2) is 0 Å². The zero-order chi connectivity index (χ0) is 16.6. The summed E-state index contributed by atoms with van der Waals surface area (Å²) in [5.41, 5.74) is 1.21. The second-order valence-electron chi connectivity index (χ2n) is 6.50. The molecule has 0 aliphatic carbocycles. The van der Waals surface area contributed by atoms with Crippen molar-refractivity contribution in [1.29, 1.82) is 0 Å². The summed E-state index contributed by atoms with van der Waals surface area (Å²) in [7, 11) is 0. The van der Waals surface area contributed by atoms with E-state index in [1.54, 1.807) is 4.90 Å². The Balaban J connectivity index is 1.75. The number of hydrogen-bond acceptors (Lipinski definition) is 3. The molecule has 2 heterocycles. The highest BCUT2D eigenvalue weighted by Gasteiger charge is 2.54. The number of carboxylic acid groups (broad SMARTS) is 1. The molecule has 0 aromatic heterocycles. The van der Waals surface area contributed by atoms with E-state index in [-0.39, 0.29) is 11.8 Å². The first kappa shape index (κ1) is 16.5. The number of likely N-dealkylation sites (tertiary alicyclic amines) is 1. The number of halogens is 1. The van der Waals surface area contributed by atoms with E-state index >= 15 is 0 Å². The van der Waals surface area contributed by atoms with Crippen molar-refractivity contribution in [3.05, 3.63) is 33.8 Å². The van der Waals surface area contributed by atoms with Gasteiger partial charge >= 0.3 is 5.97 Å². The molecule has 23 heavy (non-hydrogen) atoms. The van der Waals surface area contributed by atoms with Crippen molar-refractivity contribution < 1.29 is 19.4 Å². The molecule has 3 rings (SSSR count). The molecule has 2 saturated heterocycles. The van der Waals surface area contributed by atoms with Crippen LogP contribution in [0.2, 0.25) is 0 Å². The maximum absolute atomic E-state index is 12.6. The van der Waals surface area contributed by atoms with Crippen molar-refractivity contribution in [2.75, 3.05) is 26.3 Å². The average molecular weight is 382 g/mol. The molecule has 2 aliphatic rings. The summed E-state index contributed by atoms with van der Waals surface area (Å²) in [4.78, 5) is 26.1. The lowest BCUT2D eigenvalue weighted by Gasteiger charge is -2.33. The van der Waals surface area contributed by atoms with Gasteiger partial charge in [-0.1, -0.05) is 22.0 Å². The van der Waals surface area contributed by atoms with Gasteiger partial charge in [-0.15, -0.1) is 0 Å². The first-order valence-electron chi connectivity index (χ1n) is 7.76. The molecule has 6 heteroatoms. The van der Waals surface area contributed by atoms with Crippen LogP contribution in [-0.2, 0) is 20.7 Å². The van der Waals surface area contributed by atoms with Crippen LogP contribution in [0.1, 0.15) is 17.5 Å². The van der Waals surface area contributed by atoms with Gasteiger partial charge in [0.05, 0.1) is 18.4 Å². The third-order valence-electron chi connectivity index (χ3n) is 5.13. The smallest absolute Gasteiger partial charge is 0.311 e. The quantitative estimate of drug-likeness (QED) is 0.871. The molecule has 0 radical (unpaired) electrons. The normalized spacial score (nSPS) is 26.9. The second-order valence-corrected chi connectivity index (χ2v) is 7.42. The SMILES string of the molecule is Cc1cc(Br)ccc1CC(=O)N1C[C@H]2COCC[C@@]2(C(=O)O)C1. The lowest BCUT2D eigenvalue weighted by Crippen LogP contribution is -2.45. The second kappa shape index (κ2) is 6.24. The van der Waals surface area contributed by atoms with Gasteiger partial charge in [-0.2, -0.15) is 0 Å². The summed E-state index contributed by atoms with van der Waals surface area (Å²) in [6.45, 7) is 3.62. The van der Waals surface area contributed by atoms with E-state index in [4.69, 9.17) is 4.74 Å². The van der Waals surface area contributed by atoms with Crippen LogP contribution in [-0.4, -0.2) is 48.2 Å². The van der Waals surface area contributed by atoms with Crippen LogP contribution < -0.4 is 0 Å². The third-order valence-corrected chi connectivity index (χ3v) is 5.63. The molecule has 1 aromatic rings. The van der Waals surface area contributed by atoms with Crippen molar-refractivity contribution in [1.82, 2.24) is 4.90 Å². The highest BCUT2D eigenvalue weighted by Crippen LogP contribution is 2.42. The Morgan fingerprint density at radius 1 is 1.48 bits per heavy atom. The molecule has 0 saturated carbocycles. The monoisotopic (exact) mass is 381 g/mol. The number of aliphatic carboxylic acids is 1. The van der Waals surface area contributed by atoms with Crippen molar-refractivity contribution >= 4 is 27.8 Å². The fourth-order valence-corrected chi connectivity index (χ4v) is 4.10. The maximum Gasteiger partial charge on any atom is 0.311 e. The van der Waals surface area contributed by atoms with Gasteiger partial charge in [0.25, 0.3) is 0 Å². The van der Waals surface area contributed by atoms with Crippen LogP contribution in [0.3, 0.4) is 0 Å². The predicted octanol–water partition coefficient (Wildman–Crippen LogP) is 2.25. The molecule has 1 amide bonds. The number of amides is 1. The van der Waals surface area contributed by atoms with Gasteiger partial charge in [-0.25, -0.2) is 0 Å². The highest BCUT2D eigenvalue weighted by molar-refractivity contribution is 9.10. The Morgan fingerprint density at radius 3 is 2.91 bits per heavy atom. The summed E-state index contributed by atoms with van der Waals surface area (Å²) in [6, 6.07) is 5.85. The largest absolute Gasteiger partial charge is 0.481 e. The van der Waals surface area contributed by atoms with Crippen LogP contribution in [0.5, 0.6) is 0 Å². The molecule has 1 N–H and O–H groups in total. The summed E-state index contributed by atoms with van der Waals surface area (Å²) in [5.74, 6) is -0.921. The molecule has 2 fully saturated rings. The fourth-order valence-electron chi connectivity index (χ4n) is 3.62. The summed E-state index contributed by atoms with van der Waals surface area (Å²) >= 11 is 3.42. The van der Waals surface area contributed by atoms with E-state index in [2.05, 4.69) is 15.9 Å². The number of carbonyl (C=O) groups excluding carboxylic acids is 1. The van der Waals surface area contributed by atoms with Crippen molar-refractivity contribution in [2.24, 2.45) is 11.3 Å². The van der Waals surface area contributed by atoms with Gasteiger partial charge < -0.3 is 14.7 Å². The number of carboxylic acids is 1. The summed E-state index contributed by atoms with van der Waals surface area (Å²) in [5, 5.41) is 9.66. The fraction of sp³-hybridized carbons (Fsp3) is 0.529. The zero-order valence-corrected chi connectivity index (χ0v) is 14.6. The number of hydrogen-bond donors (Lipinski definition) is 1. The minimum atomic E-state index is -0.831. The molecule has 5 nitrogen and oxygen atoms in total. The number of rotatable bonds is 3. The standard InChI is InChI=1S/C17H20BrNO4/c1-11-6-14(18)3-2-12(11)7-15(20)19-8-13-9-23-5-4-17(13,10-19)16(21)22/h2-3,6,13H,4-5,7-10H2,1H3,(H,21,22)/t13-,17+/m0/s1. The van der Waals surface area contributed by atoms with E-state index < -0.39 is 11.4 Å². The average Bonchev–Trinajstić information content (AvgIpc) is 2.91. The minimum Gasteiger partial charge on any atom is -0.481 e. The minimum absolute atomic E-state index is 0.00884. The molecule has 0 bridgehead atoms. The van der Waals surface area contributed by atoms with Crippen LogP contribution in [0.25, 0.3) is 0 Å². The molecule has 2 atom stereocenters. The van der Waals surface area contributed by atoms with Crippen molar-refractivity contribution in [3.8, 4) is 0 Å². The number of carbonyl (C=O) groups is 2. The maximum atomic E-state index is 12.6. The van der Waals surface area contributed by atoms with Gasteiger partial charge in [0, 0.05) is 30.1 Å². The Morgan fingerprint density at radius 2 is 2.26 bits per heavy atom. The molecular weight excluding hydrogens is 362 g/mol. The molecule has 0 unspecified atom stereocenters. The van der Waals surface area contributed by atoms with Gasteiger partial charge in [-0.05, 0) is 36.6 Å². The van der Waals surface area contributed by atoms with Crippen LogP contribution in [0.4, 0.5) is 0 Å². The predicted molar refractivity (Wildman–Crippen MR) is 88.2 cm³/mol. The van der Waals surface area contributed by atoms with Crippen LogP contribution >= 0.6 is 15.9 Å². The topological polar surface area (TPSA) is 66.8 Å². The Bertz CT molecular complexity index is 647. The highest BCUT2D eigenvalue weighted by atomic mass is 79.9. The number of benzene rings is 1. The van der Waals surface area contributed by atoms with E-state index in [1.807, 2.05) is 25.1 Å². The van der Waals surface area contributed by atoms with Gasteiger partial charge in [0.1, 0.15) is 0 Å². The molecule has 1 aromatic carbocycles. The molecule has 0 spiro atoms. The number of ether oxygens (including phenoxy) is 1. The van der Waals surface area contributed by atoms with Crippen molar-refractivity contribution in [2.45, 2.75) is 19.8 Å². The van der Waals surface area contributed by atoms with Crippen molar-refractivity contribution in [3.63, 3.8) is 0 Å². The van der Waals surface area contributed by atoms with E-state index in [9.17, 15) is 14.7 Å². The number of fused-ring (bicyclic) bond motifs is 1. The van der Waals surface area contributed by atoms with Gasteiger partial charge in [0.2, 0.25) is 5.91 Å². The van der Waals surface area contributed by atoms with E-state index in [0.717, 1.165) is 15.6 Å². The van der Waals surface area contributed by atoms with E-state index in [1.165, 1.54) is 0 Å². The summed E-state index contributed by atoms with van der Waals surface area (Å²) in [6.07, 6.45) is 0.788. The van der Waals surface area contributed by atoms with Crippen LogP contribution in [0.15, 0.2) is 22.7 Å². The number of aryl methyl sites for hydroxylation is 1. The lowest BCUT2D eigenvalue weighted by molar-refractivity contribution is -0.157. The third kappa shape index (κ3) is 3.02. The molecular formula is C17H20BrNO4. The lowest BCUT2D eigenvalue weighted by atomic mass is 9.74. The first-order chi connectivity index (χ1) is 10.9. The van der Waals surface area contributed by atoms with Gasteiger partial charge in [-0.3, -0.25) is 9.59 Å². The Kier molecular flexibility index (Phi) is 4.47. The first-order valence-corrected chi connectivity index (χ1v) is 8.55. The zero-order valence-electron chi connectivity index (χ0n) is 13.0. The van der Waals surface area contributed by atoms with Crippen LogP contribution in [0, 0.1) is 18.3 Å². The Labute approximate surface area is 143 Å². The summed E-state index contributed by atoms with van der Waals surface area (Å²) < 4.78 is 6.42.